The molecule has 2 N–H and O–H groups in total. The molecule has 146 valence electrons. The van der Waals surface area contributed by atoms with Gasteiger partial charge in [0.25, 0.3) is 5.91 Å². The number of hydrogen-bond donors (Lipinski definition) is 2. The van der Waals surface area contributed by atoms with Gasteiger partial charge in [-0.3, -0.25) is 4.79 Å². The van der Waals surface area contributed by atoms with Gasteiger partial charge in [0.05, 0.1) is 0 Å². The fourth-order valence-corrected chi connectivity index (χ4v) is 2.92. The highest BCUT2D eigenvalue weighted by Crippen LogP contribution is 2.20. The van der Waals surface area contributed by atoms with E-state index in [0.29, 0.717) is 5.56 Å². The molecule has 0 saturated carbocycles. The number of ether oxygens (including phenoxy) is 1. The van der Waals surface area contributed by atoms with Crippen molar-refractivity contribution < 1.29 is 9.53 Å². The first kappa shape index (κ1) is 19.7. The van der Waals surface area contributed by atoms with Gasteiger partial charge in [0.2, 0.25) is 0 Å². The van der Waals surface area contributed by atoms with Crippen molar-refractivity contribution in [2.24, 2.45) is 0 Å². The number of carbonyl (C=O) groups is 1. The molecule has 2 aromatic rings. The van der Waals surface area contributed by atoms with Gasteiger partial charge in [0, 0.05) is 23.5 Å². The Labute approximate surface area is 167 Å². The third-order valence-corrected chi connectivity index (χ3v) is 4.56. The largest absolute Gasteiger partial charge is 0.458 e. The summed E-state index contributed by atoms with van der Waals surface area (Å²) in [7, 11) is 0. The van der Waals surface area contributed by atoms with Crippen LogP contribution in [0.1, 0.15) is 49.4 Å². The molecule has 0 unspecified atom stereocenters. The van der Waals surface area contributed by atoms with Crippen LogP contribution < -0.4 is 15.4 Å². The predicted octanol–water partition coefficient (Wildman–Crippen LogP) is 6.15. The summed E-state index contributed by atoms with van der Waals surface area (Å²) < 4.78 is 5.88. The van der Waals surface area contributed by atoms with Crippen molar-refractivity contribution >= 4 is 17.3 Å². The molecule has 0 saturated heterocycles. The first-order valence-corrected chi connectivity index (χ1v) is 10.0. The summed E-state index contributed by atoms with van der Waals surface area (Å²) >= 11 is 0. The minimum absolute atomic E-state index is 0.133. The number of rotatable bonds is 8. The molecule has 0 fully saturated rings. The van der Waals surface area contributed by atoms with Crippen molar-refractivity contribution in [3.05, 3.63) is 78.1 Å². The minimum atomic E-state index is -0.133. The Morgan fingerprint density at radius 2 is 1.75 bits per heavy atom. The lowest BCUT2D eigenvalue weighted by Gasteiger charge is -2.09. The van der Waals surface area contributed by atoms with Gasteiger partial charge in [-0.25, -0.2) is 0 Å². The zero-order chi connectivity index (χ0) is 19.6. The van der Waals surface area contributed by atoms with Crippen molar-refractivity contribution in [1.29, 1.82) is 0 Å². The molecule has 0 aromatic heterocycles. The second kappa shape index (κ2) is 10.4. The summed E-state index contributed by atoms with van der Waals surface area (Å²) in [6, 6.07) is 15.0. The minimum Gasteiger partial charge on any atom is -0.458 e. The van der Waals surface area contributed by atoms with E-state index >= 15 is 0 Å². The highest BCUT2D eigenvalue weighted by molar-refractivity contribution is 6.04. The number of carbonyl (C=O) groups excluding carboxylic acids is 1. The third kappa shape index (κ3) is 6.02. The molecule has 4 heteroatoms. The SMILES string of the molecule is CCCCNc1ccc(NC(=O)c2ccc(OC3=CCCCC=C3)cc2)cc1. The van der Waals surface area contributed by atoms with Crippen LogP contribution in [-0.4, -0.2) is 12.5 Å². The Morgan fingerprint density at radius 1 is 1.00 bits per heavy atom. The normalized spacial score (nSPS) is 13.4. The van der Waals surface area contributed by atoms with Crippen LogP contribution in [0.4, 0.5) is 11.4 Å². The molecule has 0 aliphatic heterocycles. The smallest absolute Gasteiger partial charge is 0.255 e. The summed E-state index contributed by atoms with van der Waals surface area (Å²) in [6.07, 6.45) is 11.8. The lowest BCUT2D eigenvalue weighted by molar-refractivity contribution is 0.102. The fraction of sp³-hybridized carbons (Fsp3) is 0.292. The summed E-state index contributed by atoms with van der Waals surface area (Å²) in [5, 5.41) is 6.30. The molecule has 0 bridgehead atoms. The Bertz CT molecular complexity index is 821. The zero-order valence-electron chi connectivity index (χ0n) is 16.4. The summed E-state index contributed by atoms with van der Waals surface area (Å²) in [4.78, 5) is 12.5. The lowest BCUT2D eigenvalue weighted by atomic mass is 10.2. The van der Waals surface area contributed by atoms with E-state index in [4.69, 9.17) is 4.74 Å². The fourth-order valence-electron chi connectivity index (χ4n) is 2.92. The number of amides is 1. The highest BCUT2D eigenvalue weighted by atomic mass is 16.5. The Morgan fingerprint density at radius 3 is 2.50 bits per heavy atom. The number of hydrogen-bond acceptors (Lipinski definition) is 3. The molecule has 0 radical (unpaired) electrons. The highest BCUT2D eigenvalue weighted by Gasteiger charge is 2.07. The van der Waals surface area contributed by atoms with Crippen LogP contribution in [0, 0.1) is 0 Å². The number of benzene rings is 2. The Kier molecular flexibility index (Phi) is 7.30. The molecule has 0 spiro atoms. The van der Waals surface area contributed by atoms with E-state index < -0.39 is 0 Å². The summed E-state index contributed by atoms with van der Waals surface area (Å²) in [6.45, 7) is 3.13. The van der Waals surface area contributed by atoms with Crippen molar-refractivity contribution in [2.45, 2.75) is 39.0 Å². The van der Waals surface area contributed by atoms with E-state index in [9.17, 15) is 4.79 Å². The average molecular weight is 377 g/mol. The average Bonchev–Trinajstić information content (AvgIpc) is 2.99. The van der Waals surface area contributed by atoms with Crippen molar-refractivity contribution in [1.82, 2.24) is 0 Å². The molecule has 28 heavy (non-hydrogen) atoms. The number of unbranched alkanes of at least 4 members (excludes halogenated alkanes) is 1. The Hall–Kier alpha value is -3.01. The van der Waals surface area contributed by atoms with Crippen molar-refractivity contribution in [2.75, 3.05) is 17.2 Å². The molecule has 1 amide bonds. The number of anilines is 2. The van der Waals surface area contributed by atoms with E-state index in [-0.39, 0.29) is 5.91 Å². The van der Waals surface area contributed by atoms with Gasteiger partial charge in [-0.1, -0.05) is 19.4 Å². The van der Waals surface area contributed by atoms with Gasteiger partial charge in [-0.15, -0.1) is 0 Å². The first-order valence-electron chi connectivity index (χ1n) is 10.0. The standard InChI is InChI=1S/C24H28N2O2/c1-2-3-18-25-20-12-14-21(15-13-20)26-24(27)19-10-16-23(17-11-19)28-22-8-6-4-5-7-9-22/h6,8-17,25H,2-5,7,18H2,1H3,(H,26,27). The molecular weight excluding hydrogens is 348 g/mol. The van der Waals surface area contributed by atoms with E-state index in [1.165, 1.54) is 6.42 Å². The molecule has 4 nitrogen and oxygen atoms in total. The number of allylic oxidation sites excluding steroid dienone is 3. The van der Waals surface area contributed by atoms with Crippen molar-refractivity contribution in [3.63, 3.8) is 0 Å². The molecule has 3 rings (SSSR count). The van der Waals surface area contributed by atoms with Gasteiger partial charge in [0.1, 0.15) is 11.5 Å². The van der Waals surface area contributed by atoms with Crippen LogP contribution in [-0.2, 0) is 0 Å². The van der Waals surface area contributed by atoms with Crippen LogP contribution >= 0.6 is 0 Å². The maximum Gasteiger partial charge on any atom is 0.255 e. The first-order chi connectivity index (χ1) is 13.7. The lowest BCUT2D eigenvalue weighted by Crippen LogP contribution is -2.11. The van der Waals surface area contributed by atoms with E-state index in [1.54, 1.807) is 12.1 Å². The second-order valence-corrected chi connectivity index (χ2v) is 6.88. The topological polar surface area (TPSA) is 50.4 Å². The third-order valence-electron chi connectivity index (χ3n) is 4.56. The molecule has 1 aliphatic rings. The van der Waals surface area contributed by atoms with Gasteiger partial charge in [-0.05, 0) is 86.4 Å². The molecule has 0 heterocycles. The molecule has 2 aromatic carbocycles. The Balaban J connectivity index is 1.55. The maximum absolute atomic E-state index is 12.5. The monoisotopic (exact) mass is 376 g/mol. The van der Waals surface area contributed by atoms with E-state index in [0.717, 1.165) is 55.1 Å². The maximum atomic E-state index is 12.5. The van der Waals surface area contributed by atoms with Gasteiger partial charge in [-0.2, -0.15) is 0 Å². The van der Waals surface area contributed by atoms with Crippen LogP contribution in [0.5, 0.6) is 5.75 Å². The van der Waals surface area contributed by atoms with Crippen LogP contribution in [0.2, 0.25) is 0 Å². The quantitative estimate of drug-likeness (QED) is 0.543. The van der Waals surface area contributed by atoms with E-state index in [1.807, 2.05) is 42.5 Å². The predicted molar refractivity (Wildman–Crippen MR) is 116 cm³/mol. The van der Waals surface area contributed by atoms with Crippen LogP contribution in [0.3, 0.4) is 0 Å². The van der Waals surface area contributed by atoms with E-state index in [2.05, 4.69) is 29.7 Å². The zero-order valence-corrected chi connectivity index (χ0v) is 16.4. The van der Waals surface area contributed by atoms with Gasteiger partial charge in [0.15, 0.2) is 0 Å². The van der Waals surface area contributed by atoms with Gasteiger partial charge < -0.3 is 15.4 Å². The van der Waals surface area contributed by atoms with Gasteiger partial charge >= 0.3 is 0 Å². The van der Waals surface area contributed by atoms with Crippen LogP contribution in [0.25, 0.3) is 0 Å². The van der Waals surface area contributed by atoms with Crippen LogP contribution in [0.15, 0.2) is 72.5 Å². The van der Waals surface area contributed by atoms with Crippen molar-refractivity contribution in [3.8, 4) is 5.75 Å². The molecular formula is C24H28N2O2. The summed E-state index contributed by atoms with van der Waals surface area (Å²) in [5.74, 6) is 1.46. The number of nitrogens with one attached hydrogen (secondary N) is 2. The molecule has 0 atom stereocenters. The summed E-state index contributed by atoms with van der Waals surface area (Å²) in [5.41, 5.74) is 2.44. The molecule has 1 aliphatic carbocycles. The second-order valence-electron chi connectivity index (χ2n) is 6.88.